The van der Waals surface area contributed by atoms with Gasteiger partial charge in [0.05, 0.1) is 0 Å². The second-order valence-electron chi connectivity index (χ2n) is 5.95. The Labute approximate surface area is 145 Å². The van der Waals surface area contributed by atoms with Crippen LogP contribution in [0.15, 0.2) is 54.6 Å². The molecule has 6 heteroatoms. The summed E-state index contributed by atoms with van der Waals surface area (Å²) in [6.07, 6.45) is 1.37. The van der Waals surface area contributed by atoms with Gasteiger partial charge in [0.2, 0.25) is 0 Å². The lowest BCUT2D eigenvalue weighted by molar-refractivity contribution is -0.139. The molecular weight excluding hydrogens is 322 g/mol. The normalized spacial score (nSPS) is 14.4. The molecule has 1 aliphatic carbocycles. The van der Waals surface area contributed by atoms with E-state index < -0.39 is 18.2 Å². The molecule has 0 heterocycles. The first-order valence-electron chi connectivity index (χ1n) is 7.97. The van der Waals surface area contributed by atoms with Gasteiger partial charge in [-0.15, -0.1) is 0 Å². The zero-order valence-corrected chi connectivity index (χ0v) is 13.8. The van der Waals surface area contributed by atoms with Gasteiger partial charge in [-0.25, -0.2) is 4.79 Å². The van der Waals surface area contributed by atoms with Crippen LogP contribution in [0.1, 0.15) is 12.8 Å². The lowest BCUT2D eigenvalue weighted by Crippen LogP contribution is -2.41. The number of amides is 1. The molecule has 0 saturated heterocycles. The molecule has 1 amide bonds. The fourth-order valence-electron chi connectivity index (χ4n) is 2.52. The predicted octanol–water partition coefficient (Wildman–Crippen LogP) is 2.72. The average Bonchev–Trinajstić information content (AvgIpc) is 3.40. The minimum Gasteiger partial charge on any atom is -0.482 e. The Morgan fingerprint density at radius 2 is 1.68 bits per heavy atom. The molecule has 6 nitrogen and oxygen atoms in total. The van der Waals surface area contributed by atoms with Crippen LogP contribution in [0, 0.1) is 0 Å². The molecule has 3 rings (SSSR count). The van der Waals surface area contributed by atoms with Gasteiger partial charge in [-0.1, -0.05) is 18.2 Å². The van der Waals surface area contributed by atoms with Crippen LogP contribution >= 0.6 is 0 Å². The maximum atomic E-state index is 12.8. The first kappa shape index (κ1) is 16.8. The Balaban J connectivity index is 1.67. The number of carboxylic acid groups (broad SMARTS) is 1. The van der Waals surface area contributed by atoms with Crippen LogP contribution in [0.25, 0.3) is 0 Å². The molecule has 0 unspecified atom stereocenters. The largest absolute Gasteiger partial charge is 0.482 e. The number of likely N-dealkylation sites (N-methyl/N-ethyl adjacent to an activating group) is 1. The van der Waals surface area contributed by atoms with E-state index in [1.165, 1.54) is 0 Å². The van der Waals surface area contributed by atoms with E-state index in [0.717, 1.165) is 0 Å². The molecule has 1 aliphatic rings. The maximum absolute atomic E-state index is 12.8. The number of benzene rings is 2. The second-order valence-corrected chi connectivity index (χ2v) is 5.95. The molecule has 130 valence electrons. The van der Waals surface area contributed by atoms with Crippen molar-refractivity contribution in [3.8, 4) is 11.5 Å². The minimum atomic E-state index is -1.04. The topological polar surface area (TPSA) is 76.1 Å². The van der Waals surface area contributed by atoms with Crippen molar-refractivity contribution in [1.29, 1.82) is 0 Å². The molecule has 0 bridgehead atoms. The van der Waals surface area contributed by atoms with E-state index in [0.29, 0.717) is 30.0 Å². The number of para-hydroxylation sites is 1. The minimum absolute atomic E-state index is 0.101. The summed E-state index contributed by atoms with van der Waals surface area (Å²) in [7, 11) is 1.70. The smallest absolute Gasteiger partial charge is 0.341 e. The van der Waals surface area contributed by atoms with Crippen LogP contribution < -0.4 is 14.4 Å². The molecule has 0 radical (unpaired) electrons. The highest BCUT2D eigenvalue weighted by Crippen LogP contribution is 2.42. The number of rotatable bonds is 7. The highest BCUT2D eigenvalue weighted by molar-refractivity contribution is 6.01. The first-order chi connectivity index (χ1) is 12.0. The van der Waals surface area contributed by atoms with Gasteiger partial charge in [0, 0.05) is 25.6 Å². The number of carbonyl (C=O) groups is 2. The highest BCUT2D eigenvalue weighted by Gasteiger charge is 2.54. The van der Waals surface area contributed by atoms with Crippen molar-refractivity contribution < 1.29 is 24.2 Å². The Morgan fingerprint density at radius 1 is 1.04 bits per heavy atom. The fourth-order valence-corrected chi connectivity index (χ4v) is 2.52. The number of anilines is 1. The van der Waals surface area contributed by atoms with Crippen LogP contribution in [-0.4, -0.2) is 36.2 Å². The number of ether oxygens (including phenoxy) is 2. The molecule has 2 aromatic rings. The lowest BCUT2D eigenvalue weighted by Gasteiger charge is -2.24. The Morgan fingerprint density at radius 3 is 2.24 bits per heavy atom. The van der Waals surface area contributed by atoms with Crippen molar-refractivity contribution in [3.63, 3.8) is 0 Å². The van der Waals surface area contributed by atoms with E-state index in [4.69, 9.17) is 14.6 Å². The van der Waals surface area contributed by atoms with E-state index in [-0.39, 0.29) is 5.91 Å². The van der Waals surface area contributed by atoms with E-state index in [1.807, 2.05) is 30.3 Å². The lowest BCUT2D eigenvalue weighted by atomic mass is 10.2. The summed E-state index contributed by atoms with van der Waals surface area (Å²) in [6, 6.07) is 16.0. The van der Waals surface area contributed by atoms with E-state index in [1.54, 1.807) is 36.2 Å². The summed E-state index contributed by atoms with van der Waals surface area (Å²) < 4.78 is 11.0. The van der Waals surface area contributed by atoms with Crippen LogP contribution in [0.4, 0.5) is 5.69 Å². The molecule has 1 saturated carbocycles. The number of hydrogen-bond donors (Lipinski definition) is 1. The zero-order chi connectivity index (χ0) is 17.9. The molecule has 2 aromatic carbocycles. The van der Waals surface area contributed by atoms with Crippen LogP contribution in [0.3, 0.4) is 0 Å². The average molecular weight is 341 g/mol. The molecule has 0 aliphatic heterocycles. The number of aliphatic carboxylic acids is 1. The van der Waals surface area contributed by atoms with Crippen molar-refractivity contribution in [2.24, 2.45) is 0 Å². The van der Waals surface area contributed by atoms with Gasteiger partial charge in [0.1, 0.15) is 11.5 Å². The van der Waals surface area contributed by atoms with Crippen molar-refractivity contribution in [2.45, 2.75) is 18.4 Å². The summed E-state index contributed by atoms with van der Waals surface area (Å²) in [6.45, 7) is -0.401. The molecule has 0 atom stereocenters. The standard InChI is InChI=1S/C19H19NO5/c1-20(14-7-9-15(10-8-14)24-13-17(21)22)18(23)19(11-12-19)25-16-5-3-2-4-6-16/h2-10H,11-13H2,1H3,(H,21,22). The van der Waals surface area contributed by atoms with Crippen molar-refractivity contribution in [1.82, 2.24) is 0 Å². The Kier molecular flexibility index (Phi) is 4.61. The van der Waals surface area contributed by atoms with Gasteiger partial charge in [-0.05, 0) is 36.4 Å². The number of nitrogens with zero attached hydrogens (tertiary/aromatic N) is 1. The fraction of sp³-hybridized carbons (Fsp3) is 0.263. The highest BCUT2D eigenvalue weighted by atomic mass is 16.5. The van der Waals surface area contributed by atoms with E-state index >= 15 is 0 Å². The second kappa shape index (κ2) is 6.84. The van der Waals surface area contributed by atoms with E-state index in [9.17, 15) is 9.59 Å². The van der Waals surface area contributed by atoms with Gasteiger partial charge in [0.25, 0.3) is 5.91 Å². The molecule has 0 aromatic heterocycles. The summed E-state index contributed by atoms with van der Waals surface area (Å²) in [5, 5.41) is 8.62. The van der Waals surface area contributed by atoms with E-state index in [2.05, 4.69) is 0 Å². The third-order valence-corrected chi connectivity index (χ3v) is 4.04. The maximum Gasteiger partial charge on any atom is 0.341 e. The van der Waals surface area contributed by atoms with Gasteiger partial charge >= 0.3 is 5.97 Å². The molecule has 25 heavy (non-hydrogen) atoms. The molecule has 0 spiro atoms. The molecular formula is C19H19NO5. The van der Waals surface area contributed by atoms with Crippen molar-refractivity contribution >= 4 is 17.6 Å². The number of carboxylic acids is 1. The Bertz CT molecular complexity index is 753. The van der Waals surface area contributed by atoms with Crippen molar-refractivity contribution in [3.05, 3.63) is 54.6 Å². The first-order valence-corrected chi connectivity index (χ1v) is 7.97. The monoisotopic (exact) mass is 341 g/mol. The van der Waals surface area contributed by atoms with Gasteiger partial charge in [-0.2, -0.15) is 0 Å². The summed E-state index contributed by atoms with van der Waals surface area (Å²) in [5.74, 6) is -0.0199. The SMILES string of the molecule is CN(C(=O)C1(Oc2ccccc2)CC1)c1ccc(OCC(=O)O)cc1. The Hall–Kier alpha value is -3.02. The van der Waals surface area contributed by atoms with Crippen molar-refractivity contribution in [2.75, 3.05) is 18.6 Å². The third kappa shape index (κ3) is 3.91. The number of hydrogen-bond acceptors (Lipinski definition) is 4. The summed E-state index contributed by atoms with van der Waals surface area (Å²) in [5.41, 5.74) is -0.107. The summed E-state index contributed by atoms with van der Waals surface area (Å²) >= 11 is 0. The van der Waals surface area contributed by atoms with Crippen LogP contribution in [0.5, 0.6) is 11.5 Å². The van der Waals surface area contributed by atoms with Gasteiger partial charge in [0.15, 0.2) is 12.2 Å². The van der Waals surface area contributed by atoms with Crippen LogP contribution in [0.2, 0.25) is 0 Å². The molecule has 1 N–H and O–H groups in total. The number of carbonyl (C=O) groups excluding carboxylic acids is 1. The molecule has 1 fully saturated rings. The quantitative estimate of drug-likeness (QED) is 0.838. The third-order valence-electron chi connectivity index (χ3n) is 4.04. The predicted molar refractivity (Wildman–Crippen MR) is 92.0 cm³/mol. The van der Waals surface area contributed by atoms with Gasteiger partial charge in [-0.3, -0.25) is 4.79 Å². The zero-order valence-electron chi connectivity index (χ0n) is 13.8. The van der Waals surface area contributed by atoms with Gasteiger partial charge < -0.3 is 19.5 Å². The summed E-state index contributed by atoms with van der Waals surface area (Å²) in [4.78, 5) is 24.9. The van der Waals surface area contributed by atoms with Crippen LogP contribution in [-0.2, 0) is 9.59 Å².